The van der Waals surface area contributed by atoms with Crippen molar-refractivity contribution in [3.8, 4) is 11.5 Å². The highest BCUT2D eigenvalue weighted by Gasteiger charge is 2.16. The molecule has 0 saturated heterocycles. The summed E-state index contributed by atoms with van der Waals surface area (Å²) in [6.07, 6.45) is 0.121. The number of amides is 1. The minimum atomic E-state index is -1.30. The number of halogens is 1. The van der Waals surface area contributed by atoms with Crippen LogP contribution in [-0.4, -0.2) is 31.4 Å². The van der Waals surface area contributed by atoms with E-state index in [1.165, 1.54) is 13.3 Å². The molecule has 2 aromatic carbocycles. The van der Waals surface area contributed by atoms with Crippen LogP contribution in [0.15, 0.2) is 52.0 Å². The molecule has 0 radical (unpaired) electrons. The van der Waals surface area contributed by atoms with Crippen molar-refractivity contribution >= 4 is 28.1 Å². The van der Waals surface area contributed by atoms with E-state index < -0.39 is 12.0 Å². The van der Waals surface area contributed by atoms with E-state index in [-0.39, 0.29) is 0 Å². The van der Waals surface area contributed by atoms with Gasteiger partial charge in [-0.05, 0) is 35.9 Å². The van der Waals surface area contributed by atoms with Gasteiger partial charge in [-0.25, -0.2) is 5.43 Å². The molecule has 1 atom stereocenters. The van der Waals surface area contributed by atoms with E-state index in [2.05, 4.69) is 26.5 Å². The average molecular weight is 393 g/mol. The molecule has 2 rings (SSSR count). The van der Waals surface area contributed by atoms with Crippen LogP contribution in [0.3, 0.4) is 0 Å². The number of ether oxygens (including phenoxy) is 2. The number of hydrazone groups is 1. The number of aliphatic hydroxyl groups excluding tert-OH is 1. The topological polar surface area (TPSA) is 80.2 Å². The van der Waals surface area contributed by atoms with Crippen LogP contribution in [0.25, 0.3) is 0 Å². The first-order valence-corrected chi connectivity index (χ1v) is 7.83. The molecule has 2 N–H and O–H groups in total. The fourth-order valence-corrected chi connectivity index (χ4v) is 2.23. The van der Waals surface area contributed by atoms with Crippen LogP contribution >= 0.6 is 15.9 Å². The third kappa shape index (κ3) is 4.56. The molecule has 0 bridgehead atoms. The molecule has 0 aliphatic carbocycles. The van der Waals surface area contributed by atoms with E-state index in [1.807, 2.05) is 0 Å². The van der Waals surface area contributed by atoms with E-state index in [4.69, 9.17) is 9.47 Å². The van der Waals surface area contributed by atoms with Crippen molar-refractivity contribution in [1.82, 2.24) is 5.43 Å². The molecule has 2 aromatic rings. The van der Waals surface area contributed by atoms with E-state index in [0.29, 0.717) is 22.6 Å². The number of rotatable bonds is 6. The third-order valence-electron chi connectivity index (χ3n) is 3.25. The Morgan fingerprint density at radius 3 is 2.54 bits per heavy atom. The fourth-order valence-electron chi connectivity index (χ4n) is 1.96. The highest BCUT2D eigenvalue weighted by Crippen LogP contribution is 2.22. The highest BCUT2D eigenvalue weighted by molar-refractivity contribution is 9.10. The number of benzene rings is 2. The Morgan fingerprint density at radius 2 is 1.92 bits per heavy atom. The zero-order valence-electron chi connectivity index (χ0n) is 13.2. The molecule has 0 fully saturated rings. The van der Waals surface area contributed by atoms with Gasteiger partial charge in [-0.2, -0.15) is 5.10 Å². The zero-order valence-corrected chi connectivity index (χ0v) is 14.8. The summed E-state index contributed by atoms with van der Waals surface area (Å²) in [5.41, 5.74) is 3.42. The highest BCUT2D eigenvalue weighted by atomic mass is 79.9. The Labute approximate surface area is 148 Å². The maximum absolute atomic E-state index is 12.0. The summed E-state index contributed by atoms with van der Waals surface area (Å²) in [5, 5.41) is 13.9. The summed E-state index contributed by atoms with van der Waals surface area (Å²) in [6, 6.07) is 12.0. The molecule has 126 valence electrons. The smallest absolute Gasteiger partial charge is 0.273 e. The van der Waals surface area contributed by atoms with E-state index in [9.17, 15) is 9.90 Å². The van der Waals surface area contributed by atoms with Gasteiger partial charge < -0.3 is 14.6 Å². The lowest BCUT2D eigenvalue weighted by Gasteiger charge is -2.09. The summed E-state index contributed by atoms with van der Waals surface area (Å²) in [5.74, 6) is 0.594. The van der Waals surface area contributed by atoms with Crippen molar-refractivity contribution < 1.29 is 19.4 Å². The second-order valence-electron chi connectivity index (χ2n) is 4.80. The van der Waals surface area contributed by atoms with Gasteiger partial charge >= 0.3 is 0 Å². The van der Waals surface area contributed by atoms with E-state index >= 15 is 0 Å². The van der Waals surface area contributed by atoms with Crippen LogP contribution < -0.4 is 14.9 Å². The molecule has 0 heterocycles. The maximum Gasteiger partial charge on any atom is 0.273 e. The number of carbonyl (C=O) groups is 1. The normalized spacial score (nSPS) is 12.0. The first-order valence-electron chi connectivity index (χ1n) is 7.03. The molecule has 1 unspecified atom stereocenters. The van der Waals surface area contributed by atoms with E-state index in [0.717, 1.165) is 4.47 Å². The first-order chi connectivity index (χ1) is 11.5. The van der Waals surface area contributed by atoms with E-state index in [1.54, 1.807) is 49.6 Å². The Hall–Kier alpha value is -2.38. The monoisotopic (exact) mass is 392 g/mol. The minimum Gasteiger partial charge on any atom is -0.497 e. The number of hydrogen-bond acceptors (Lipinski definition) is 5. The lowest BCUT2D eigenvalue weighted by molar-refractivity contribution is -0.129. The van der Waals surface area contributed by atoms with Gasteiger partial charge in [0.05, 0.1) is 20.4 Å². The third-order valence-corrected chi connectivity index (χ3v) is 3.78. The SMILES string of the molecule is COc1ccc(OC)c(C=NNC(=O)C(O)c2ccc(Br)cc2)c1. The molecule has 7 heteroatoms. The zero-order chi connectivity index (χ0) is 17.5. The lowest BCUT2D eigenvalue weighted by atomic mass is 10.1. The van der Waals surface area contributed by atoms with Crippen LogP contribution in [0.2, 0.25) is 0 Å². The predicted octanol–water partition coefficient (Wildman–Crippen LogP) is 2.65. The Balaban J connectivity index is 2.05. The van der Waals surface area contributed by atoms with Gasteiger partial charge in [0.2, 0.25) is 0 Å². The summed E-state index contributed by atoms with van der Waals surface area (Å²) in [6.45, 7) is 0. The Bertz CT molecular complexity index is 732. The molecule has 0 aliphatic heterocycles. The second-order valence-corrected chi connectivity index (χ2v) is 5.71. The van der Waals surface area contributed by atoms with Crippen LogP contribution in [0.4, 0.5) is 0 Å². The van der Waals surface area contributed by atoms with Gasteiger partial charge in [0.1, 0.15) is 11.5 Å². The van der Waals surface area contributed by atoms with Crippen molar-refractivity contribution in [3.63, 3.8) is 0 Å². The van der Waals surface area contributed by atoms with Crippen molar-refractivity contribution in [1.29, 1.82) is 0 Å². The molecule has 1 amide bonds. The quantitative estimate of drug-likeness (QED) is 0.584. The molecule has 0 aliphatic rings. The van der Waals surface area contributed by atoms with Gasteiger partial charge in [-0.1, -0.05) is 28.1 Å². The molecule has 24 heavy (non-hydrogen) atoms. The summed E-state index contributed by atoms with van der Waals surface area (Å²) in [7, 11) is 3.09. The van der Waals surface area contributed by atoms with Crippen molar-refractivity contribution in [2.75, 3.05) is 14.2 Å². The van der Waals surface area contributed by atoms with Crippen molar-refractivity contribution in [2.24, 2.45) is 5.10 Å². The van der Waals surface area contributed by atoms with Crippen LogP contribution in [-0.2, 0) is 4.79 Å². The number of nitrogens with zero attached hydrogens (tertiary/aromatic N) is 1. The van der Waals surface area contributed by atoms with Crippen LogP contribution in [0.1, 0.15) is 17.2 Å². The lowest BCUT2D eigenvalue weighted by Crippen LogP contribution is -2.25. The Kier molecular flexibility index (Phi) is 6.34. The largest absolute Gasteiger partial charge is 0.497 e. The summed E-state index contributed by atoms with van der Waals surface area (Å²) >= 11 is 3.30. The predicted molar refractivity (Wildman–Crippen MR) is 94.4 cm³/mol. The standard InChI is InChI=1S/C17H17BrN2O4/c1-23-14-7-8-15(24-2)12(9-14)10-19-20-17(22)16(21)11-3-5-13(18)6-4-11/h3-10,16,21H,1-2H3,(H,20,22). The van der Waals surface area contributed by atoms with Gasteiger partial charge in [-0.15, -0.1) is 0 Å². The van der Waals surface area contributed by atoms with Gasteiger partial charge in [0, 0.05) is 10.0 Å². The first kappa shape index (κ1) is 18.0. The summed E-state index contributed by atoms with van der Waals surface area (Å²) < 4.78 is 11.2. The number of methoxy groups -OCH3 is 2. The van der Waals surface area contributed by atoms with Gasteiger partial charge in [0.25, 0.3) is 5.91 Å². The number of nitrogens with one attached hydrogen (secondary N) is 1. The van der Waals surface area contributed by atoms with Crippen molar-refractivity contribution in [2.45, 2.75) is 6.10 Å². The molecule has 0 spiro atoms. The van der Waals surface area contributed by atoms with Crippen molar-refractivity contribution in [3.05, 3.63) is 58.1 Å². The number of carbonyl (C=O) groups excluding carboxylic acids is 1. The Morgan fingerprint density at radius 1 is 1.21 bits per heavy atom. The molecule has 0 saturated carbocycles. The summed E-state index contributed by atoms with van der Waals surface area (Å²) in [4.78, 5) is 12.0. The molecular weight excluding hydrogens is 376 g/mol. The second kappa shape index (κ2) is 8.47. The number of aliphatic hydroxyl groups is 1. The van der Waals surface area contributed by atoms with Gasteiger partial charge in [0.15, 0.2) is 6.10 Å². The maximum atomic E-state index is 12.0. The van der Waals surface area contributed by atoms with Crippen LogP contribution in [0.5, 0.6) is 11.5 Å². The average Bonchev–Trinajstić information content (AvgIpc) is 2.61. The van der Waals surface area contributed by atoms with Gasteiger partial charge in [-0.3, -0.25) is 4.79 Å². The minimum absolute atomic E-state index is 0.477. The number of hydrogen-bond donors (Lipinski definition) is 2. The fraction of sp³-hybridized carbons (Fsp3) is 0.176. The molecular formula is C17H17BrN2O4. The molecule has 0 aromatic heterocycles. The molecule has 6 nitrogen and oxygen atoms in total. The van der Waals surface area contributed by atoms with Crippen LogP contribution in [0, 0.1) is 0 Å².